The zero-order chi connectivity index (χ0) is 68.7. The summed E-state index contributed by atoms with van der Waals surface area (Å²) in [5.41, 5.74) is 5.94. The third-order valence-electron chi connectivity index (χ3n) is 17.2. The number of ether oxygens (including phenoxy) is 2. The maximum Gasteiger partial charge on any atom is 1.00 e. The number of halogens is 3. The van der Waals surface area contributed by atoms with Gasteiger partial charge in [-0.25, -0.2) is 15.0 Å². The van der Waals surface area contributed by atoms with Gasteiger partial charge in [-0.3, -0.25) is 38.4 Å². The first-order chi connectivity index (χ1) is 44.5. The summed E-state index contributed by atoms with van der Waals surface area (Å²) in [6.07, 6.45) is 6.39. The van der Waals surface area contributed by atoms with Crippen LogP contribution < -0.4 is 34.9 Å². The van der Waals surface area contributed by atoms with Crippen LogP contribution in [-0.2, 0) is 67.1 Å². The Bertz CT molecular complexity index is 3680. The number of thiazole rings is 3. The first-order valence-corrected chi connectivity index (χ1v) is 35.8. The van der Waals surface area contributed by atoms with Crippen LogP contribution in [0.3, 0.4) is 0 Å². The second-order valence-electron chi connectivity index (χ2n) is 26.3. The van der Waals surface area contributed by atoms with Crippen LogP contribution in [0.4, 0.5) is 0 Å². The van der Waals surface area contributed by atoms with Crippen molar-refractivity contribution in [2.75, 3.05) is 52.5 Å². The first kappa shape index (κ1) is 81.4. The maximum atomic E-state index is 12.6. The molecular formula is C71H88Cl3N6NaO12S3. The molecule has 18 nitrogen and oxygen atoms in total. The molecule has 3 fully saturated rings. The van der Waals surface area contributed by atoms with Crippen molar-refractivity contribution in [3.8, 4) is 31.7 Å². The average Bonchev–Trinajstić information content (AvgIpc) is 1.73. The second kappa shape index (κ2) is 37.2. The second-order valence-corrected chi connectivity index (χ2v) is 30.2. The van der Waals surface area contributed by atoms with Gasteiger partial charge in [0.25, 0.3) is 0 Å². The number of aliphatic carboxylic acids is 1. The number of ketones is 3. The van der Waals surface area contributed by atoms with Crippen molar-refractivity contribution in [2.45, 2.75) is 164 Å². The maximum absolute atomic E-state index is 12.6. The summed E-state index contributed by atoms with van der Waals surface area (Å²) >= 11 is 23.4. The molecule has 0 unspecified atom stereocenters. The molecule has 25 heteroatoms. The summed E-state index contributed by atoms with van der Waals surface area (Å²) in [5.74, 6) is -0.632. The fraction of sp³-hybridized carbons (Fsp3) is 0.507. The van der Waals surface area contributed by atoms with Crippen LogP contribution >= 0.6 is 68.8 Å². The average molecular weight is 1440 g/mol. The molecule has 514 valence electrons. The molecule has 0 radical (unpaired) electrons. The molecule has 6 heterocycles. The molecule has 3 aromatic heterocycles. The van der Waals surface area contributed by atoms with E-state index >= 15 is 0 Å². The summed E-state index contributed by atoms with van der Waals surface area (Å²) in [6.45, 7) is 22.3. The summed E-state index contributed by atoms with van der Waals surface area (Å²) in [5, 5.41) is 23.0. The number of amides is 2. The third kappa shape index (κ3) is 23.1. The van der Waals surface area contributed by atoms with E-state index in [1.807, 2.05) is 74.5 Å². The molecule has 3 N–H and O–H groups in total. The quantitative estimate of drug-likeness (QED) is 0.0446. The van der Waals surface area contributed by atoms with E-state index in [2.05, 4.69) is 16.4 Å². The van der Waals surface area contributed by atoms with E-state index in [-0.39, 0.29) is 121 Å². The Morgan fingerprint density at radius 1 is 0.510 bits per heavy atom. The van der Waals surface area contributed by atoms with Gasteiger partial charge in [0.1, 0.15) is 32.4 Å². The molecule has 2 amide bonds. The van der Waals surface area contributed by atoms with E-state index in [0.717, 1.165) is 131 Å². The van der Waals surface area contributed by atoms with E-state index in [9.17, 15) is 43.5 Å². The standard InChI is InChI=1S/C25H31ClN2O4S.C23H27ClN2O4S.C23H29ClN2O3S.Na.H2O/c1-5-32-24(31)25(3,4)14-20(30)13-19-15-33-23(27-19)21-7-6-18(26)12-22(21)17-8-10-28(11-9-17)16(2)29;1-14(27)26-8-6-15(7-9-26)20-10-16(24)4-5-19(20)21-25-17(13-31-21)11-18(28)12-23(2,3)22(29)30;1-4-29-22(28)23(2,3)13-18(27)12-17-14-30-21(26-17)19-6-5-16(24)11-20(19)15-7-9-25-10-8-15;;/h6-7,12,15,17H,5,8-11,13-14H2,1-4H3;4-5,10,13,15H,6-9,11-12H2,1-3H3,(H,29,30);5-6,11,14-15,25H,4,7-10,12-13H2,1-3H3;;1H2/q;;;+1;/p-1. The van der Waals surface area contributed by atoms with Crippen LogP contribution in [0.1, 0.15) is 179 Å². The number of hydrogen-bond acceptors (Lipinski definition) is 18. The molecule has 0 atom stereocenters. The van der Waals surface area contributed by atoms with Crippen molar-refractivity contribution in [3.05, 3.63) is 120 Å². The van der Waals surface area contributed by atoms with E-state index in [0.29, 0.717) is 46.5 Å². The van der Waals surface area contributed by atoms with E-state index in [1.165, 1.54) is 28.2 Å². The Labute approximate surface area is 613 Å². The van der Waals surface area contributed by atoms with E-state index in [4.69, 9.17) is 54.2 Å². The number of carboxylic acids is 1. The van der Waals surface area contributed by atoms with Gasteiger partial charge in [0.05, 0.1) is 46.5 Å². The predicted molar refractivity (Wildman–Crippen MR) is 375 cm³/mol. The van der Waals surface area contributed by atoms with Crippen LogP contribution in [0.2, 0.25) is 15.1 Å². The van der Waals surface area contributed by atoms with Gasteiger partial charge in [0, 0.05) is 126 Å². The van der Waals surface area contributed by atoms with Crippen LogP contribution in [0.5, 0.6) is 0 Å². The fourth-order valence-corrected chi connectivity index (χ4v) is 15.2. The Morgan fingerprint density at radius 2 is 0.802 bits per heavy atom. The molecule has 0 aliphatic carbocycles. The van der Waals surface area contributed by atoms with Crippen molar-refractivity contribution < 1.29 is 88.0 Å². The number of aromatic nitrogens is 3. The largest absolute Gasteiger partial charge is 1.00 e. The summed E-state index contributed by atoms with van der Waals surface area (Å²) < 4.78 is 10.2. The SMILES string of the molecule is CC(=O)N1CCC(c2cc(Cl)ccc2-c2nc(CC(=O)CC(C)(C)C(=O)O)cs2)CC1.CCOC(=O)C(C)(C)CC(=O)Cc1csc(-c2ccc(Cl)cc2C2CCN(C(C)=O)CC2)n1.CCOC(=O)C(C)(C)CC(=O)Cc1csc(-c2ccc(Cl)cc2C2CCNCC2)n1.[Na+].[OH-]. The van der Waals surface area contributed by atoms with Crippen molar-refractivity contribution in [2.24, 2.45) is 16.2 Å². The molecule has 3 aliphatic heterocycles. The van der Waals surface area contributed by atoms with Gasteiger partial charge < -0.3 is 35.2 Å². The minimum Gasteiger partial charge on any atom is -0.870 e. The number of benzene rings is 3. The van der Waals surface area contributed by atoms with Gasteiger partial charge in [-0.15, -0.1) is 34.0 Å². The topological polar surface area (TPSA) is 262 Å². The van der Waals surface area contributed by atoms with Crippen LogP contribution in [0.15, 0.2) is 70.7 Å². The molecule has 3 aromatic carbocycles. The zero-order valence-corrected chi connectivity index (χ0v) is 63.6. The molecule has 0 saturated carbocycles. The molecule has 96 heavy (non-hydrogen) atoms. The molecule has 0 spiro atoms. The monoisotopic (exact) mass is 1440 g/mol. The smallest absolute Gasteiger partial charge is 0.870 e. The van der Waals surface area contributed by atoms with Gasteiger partial charge >= 0.3 is 47.5 Å². The van der Waals surface area contributed by atoms with Gasteiger partial charge in [0.2, 0.25) is 11.8 Å². The molecule has 3 aliphatic rings. The Hall–Kier alpha value is -5.30. The summed E-state index contributed by atoms with van der Waals surface area (Å²) in [7, 11) is 0. The van der Waals surface area contributed by atoms with Gasteiger partial charge in [0.15, 0.2) is 0 Å². The van der Waals surface area contributed by atoms with Crippen molar-refractivity contribution in [3.63, 3.8) is 0 Å². The number of carboxylic acid groups (broad SMARTS) is 1. The van der Waals surface area contributed by atoms with Gasteiger partial charge in [-0.1, -0.05) is 53.0 Å². The number of esters is 2. The molecular weight excluding hydrogens is 1350 g/mol. The molecule has 9 rings (SSSR count). The fourth-order valence-electron chi connectivity index (χ4n) is 12.0. The van der Waals surface area contributed by atoms with Crippen molar-refractivity contribution >= 4 is 116 Å². The zero-order valence-electron chi connectivity index (χ0n) is 56.9. The Morgan fingerprint density at radius 3 is 1.08 bits per heavy atom. The normalized spacial score (nSPS) is 14.8. The van der Waals surface area contributed by atoms with Crippen LogP contribution in [0.25, 0.3) is 31.7 Å². The number of Topliss-reactive ketones (excluding diaryl/α,β-unsaturated/α-hetero) is 3. The number of nitrogens with one attached hydrogen (secondary N) is 1. The summed E-state index contributed by atoms with van der Waals surface area (Å²) in [4.78, 5) is 114. The van der Waals surface area contributed by atoms with E-state index in [1.54, 1.807) is 80.6 Å². The van der Waals surface area contributed by atoms with Gasteiger partial charge in [-0.2, -0.15) is 0 Å². The van der Waals surface area contributed by atoms with E-state index < -0.39 is 22.2 Å². The number of carbonyl (C=O) groups excluding carboxylic acids is 7. The Balaban J connectivity index is 0.000000258. The van der Waals surface area contributed by atoms with Crippen molar-refractivity contribution in [1.29, 1.82) is 0 Å². The Kier molecular flexibility index (Phi) is 31.5. The number of nitrogens with zero attached hydrogens (tertiary/aromatic N) is 5. The summed E-state index contributed by atoms with van der Waals surface area (Å²) in [6, 6.07) is 17.6. The first-order valence-electron chi connectivity index (χ1n) is 32.0. The van der Waals surface area contributed by atoms with Gasteiger partial charge in [-0.05, 0) is 178 Å². The number of rotatable bonds is 23. The minimum absolute atomic E-state index is 0. The number of piperidine rings is 3. The number of carbonyl (C=O) groups is 8. The number of likely N-dealkylation sites (tertiary alicyclic amines) is 2. The number of hydrogen-bond donors (Lipinski definition) is 2. The molecule has 3 saturated heterocycles. The molecule has 6 aromatic rings. The minimum atomic E-state index is -1.09. The molecule has 0 bridgehead atoms. The van der Waals surface area contributed by atoms with Crippen LogP contribution in [0, 0.1) is 16.2 Å². The third-order valence-corrected chi connectivity index (χ3v) is 20.7. The predicted octanol–water partition coefficient (Wildman–Crippen LogP) is 11.9. The van der Waals surface area contributed by atoms with Crippen LogP contribution in [-0.4, -0.2) is 135 Å². The van der Waals surface area contributed by atoms with Crippen molar-refractivity contribution in [1.82, 2.24) is 30.1 Å².